The summed E-state index contributed by atoms with van der Waals surface area (Å²) in [6.07, 6.45) is -1.07. The zero-order valence-corrected chi connectivity index (χ0v) is 19.2. The van der Waals surface area contributed by atoms with Gasteiger partial charge < -0.3 is 11.1 Å². The minimum Gasteiger partial charge on any atom is -0.366 e. The average molecular weight is 500 g/mol. The molecule has 8 nitrogen and oxygen atoms in total. The van der Waals surface area contributed by atoms with E-state index in [9.17, 15) is 13.2 Å². The Morgan fingerprint density at radius 2 is 1.76 bits per heavy atom. The number of nitrogen functional groups attached to an aromatic ring is 1. The summed E-state index contributed by atoms with van der Waals surface area (Å²) < 4.78 is 42.9. The number of benzene rings is 3. The van der Waals surface area contributed by atoms with Crippen LogP contribution in [0.1, 0.15) is 11.1 Å². The van der Waals surface area contributed by atoms with Crippen LogP contribution in [0.2, 0.25) is 0 Å². The van der Waals surface area contributed by atoms with Gasteiger partial charge in [0.1, 0.15) is 0 Å². The van der Waals surface area contributed by atoms with Crippen molar-refractivity contribution in [3.63, 3.8) is 0 Å². The van der Waals surface area contributed by atoms with Crippen LogP contribution in [-0.4, -0.2) is 29.4 Å². The highest BCUT2D eigenvalue weighted by atomic mass is 19.4. The molecule has 0 spiro atoms. The van der Waals surface area contributed by atoms with E-state index in [1.165, 1.54) is 16.6 Å². The number of fused-ring (bicyclic) bond motifs is 2. The predicted octanol–water partition coefficient (Wildman–Crippen LogP) is 5.53. The number of nitrogens with one attached hydrogen (secondary N) is 1. The molecule has 37 heavy (non-hydrogen) atoms. The second-order valence-corrected chi connectivity index (χ2v) is 8.46. The summed E-state index contributed by atoms with van der Waals surface area (Å²) in [5.74, 6) is 0.235. The van der Waals surface area contributed by atoms with Crippen LogP contribution in [-0.2, 0) is 12.7 Å². The molecule has 0 amide bonds. The second kappa shape index (κ2) is 8.63. The van der Waals surface area contributed by atoms with Crippen LogP contribution in [0.15, 0.2) is 85.2 Å². The van der Waals surface area contributed by atoms with Gasteiger partial charge in [0.05, 0.1) is 35.7 Å². The first-order chi connectivity index (χ1) is 17.8. The van der Waals surface area contributed by atoms with E-state index in [1.54, 1.807) is 6.20 Å². The quantitative estimate of drug-likeness (QED) is 0.323. The van der Waals surface area contributed by atoms with Gasteiger partial charge in [-0.3, -0.25) is 4.68 Å². The highest BCUT2D eigenvalue weighted by Crippen LogP contribution is 2.32. The van der Waals surface area contributed by atoms with Gasteiger partial charge >= 0.3 is 6.18 Å². The summed E-state index contributed by atoms with van der Waals surface area (Å²) >= 11 is 0. The Labute approximate surface area is 208 Å². The van der Waals surface area contributed by atoms with E-state index in [1.807, 2.05) is 59.4 Å². The zero-order chi connectivity index (χ0) is 25.6. The molecule has 3 heterocycles. The van der Waals surface area contributed by atoms with Crippen molar-refractivity contribution in [2.75, 3.05) is 11.1 Å². The lowest BCUT2D eigenvalue weighted by atomic mass is 10.1. The van der Waals surface area contributed by atoms with Gasteiger partial charge in [-0.2, -0.15) is 23.3 Å². The zero-order valence-electron chi connectivity index (χ0n) is 19.2. The standard InChI is InChI=1S/C26H19F3N8/c27-26(28,29)19-7-4-8-20(12-19)33-23-24-34-25(30)35-37(24)22(14-31-23)17-9-10-18-13-32-36(21(18)11-17)15-16-5-2-1-3-6-16/h1-14H,15H2,(H2,30,35)(H,31,33). The summed E-state index contributed by atoms with van der Waals surface area (Å²) in [7, 11) is 0. The van der Waals surface area contributed by atoms with E-state index in [2.05, 4.69) is 25.5 Å². The smallest absolute Gasteiger partial charge is 0.366 e. The van der Waals surface area contributed by atoms with Crippen molar-refractivity contribution in [1.29, 1.82) is 0 Å². The van der Waals surface area contributed by atoms with E-state index < -0.39 is 11.7 Å². The highest BCUT2D eigenvalue weighted by Gasteiger charge is 2.30. The van der Waals surface area contributed by atoms with Crippen LogP contribution >= 0.6 is 0 Å². The Morgan fingerprint density at radius 3 is 2.57 bits per heavy atom. The number of hydrogen-bond acceptors (Lipinski definition) is 6. The van der Waals surface area contributed by atoms with Gasteiger partial charge in [-0.15, -0.1) is 5.10 Å². The maximum Gasteiger partial charge on any atom is 0.416 e. The van der Waals surface area contributed by atoms with Crippen molar-refractivity contribution < 1.29 is 13.2 Å². The molecule has 3 aromatic carbocycles. The molecule has 0 radical (unpaired) electrons. The lowest BCUT2D eigenvalue weighted by molar-refractivity contribution is -0.137. The van der Waals surface area contributed by atoms with Crippen LogP contribution in [0.5, 0.6) is 0 Å². The van der Waals surface area contributed by atoms with Crippen molar-refractivity contribution in [3.8, 4) is 11.3 Å². The molecule has 0 atom stereocenters. The van der Waals surface area contributed by atoms with Gasteiger partial charge in [-0.1, -0.05) is 48.5 Å². The number of hydrogen-bond donors (Lipinski definition) is 2. The van der Waals surface area contributed by atoms with Gasteiger partial charge in [-0.25, -0.2) is 9.50 Å². The summed E-state index contributed by atoms with van der Waals surface area (Å²) in [4.78, 5) is 8.71. The lowest BCUT2D eigenvalue weighted by Gasteiger charge is -2.12. The molecule has 3 aromatic heterocycles. The lowest BCUT2D eigenvalue weighted by Crippen LogP contribution is -2.06. The van der Waals surface area contributed by atoms with Crippen LogP contribution in [0, 0.1) is 0 Å². The molecule has 0 saturated heterocycles. The van der Waals surface area contributed by atoms with E-state index in [-0.39, 0.29) is 23.1 Å². The first kappa shape index (κ1) is 22.5. The first-order valence-electron chi connectivity index (χ1n) is 11.3. The summed E-state index contributed by atoms with van der Waals surface area (Å²) in [5.41, 5.74) is 9.09. The minimum absolute atomic E-state index is 0.0107. The number of aromatic nitrogens is 6. The third-order valence-electron chi connectivity index (χ3n) is 5.95. The van der Waals surface area contributed by atoms with E-state index >= 15 is 0 Å². The summed E-state index contributed by atoms with van der Waals surface area (Å²) in [6, 6.07) is 20.7. The van der Waals surface area contributed by atoms with Crippen LogP contribution in [0.25, 0.3) is 27.8 Å². The fourth-order valence-corrected chi connectivity index (χ4v) is 4.19. The fraction of sp³-hybridized carbons (Fsp3) is 0.0769. The molecular weight excluding hydrogens is 481 g/mol. The van der Waals surface area contributed by atoms with Crippen molar-refractivity contribution in [3.05, 3.63) is 96.3 Å². The van der Waals surface area contributed by atoms with E-state index in [0.717, 1.165) is 34.2 Å². The molecule has 0 aliphatic rings. The molecule has 184 valence electrons. The molecule has 0 bridgehead atoms. The minimum atomic E-state index is -4.46. The monoisotopic (exact) mass is 500 g/mol. The van der Waals surface area contributed by atoms with Gasteiger partial charge in [-0.05, 0) is 29.8 Å². The Kier molecular flexibility index (Phi) is 5.25. The maximum atomic E-state index is 13.1. The van der Waals surface area contributed by atoms with Crippen molar-refractivity contribution >= 4 is 34.0 Å². The van der Waals surface area contributed by atoms with E-state index in [0.29, 0.717) is 12.2 Å². The molecular formula is C26H19F3N8. The third kappa shape index (κ3) is 4.31. The molecule has 11 heteroatoms. The second-order valence-electron chi connectivity index (χ2n) is 8.46. The van der Waals surface area contributed by atoms with Gasteiger partial charge in [0.2, 0.25) is 11.6 Å². The van der Waals surface area contributed by atoms with Crippen molar-refractivity contribution in [2.24, 2.45) is 0 Å². The van der Waals surface area contributed by atoms with Crippen LogP contribution in [0.3, 0.4) is 0 Å². The topological polar surface area (TPSA) is 99.0 Å². The number of alkyl halides is 3. The molecule has 0 fully saturated rings. The average Bonchev–Trinajstić information content (AvgIpc) is 3.47. The maximum absolute atomic E-state index is 13.1. The van der Waals surface area contributed by atoms with Gasteiger partial charge in [0.25, 0.3) is 0 Å². The van der Waals surface area contributed by atoms with Crippen LogP contribution < -0.4 is 11.1 Å². The van der Waals surface area contributed by atoms with Crippen molar-refractivity contribution in [2.45, 2.75) is 12.7 Å². The van der Waals surface area contributed by atoms with Crippen LogP contribution in [0.4, 0.5) is 30.6 Å². The SMILES string of the molecule is Nc1nc2c(Nc3cccc(C(F)(F)F)c3)ncc(-c3ccc4cnn(Cc5ccccc5)c4c3)n2n1. The summed E-state index contributed by atoms with van der Waals surface area (Å²) in [5, 5.41) is 12.7. The molecule has 0 aliphatic heterocycles. The van der Waals surface area contributed by atoms with E-state index in [4.69, 9.17) is 5.73 Å². The number of anilines is 3. The number of rotatable bonds is 5. The predicted molar refractivity (Wildman–Crippen MR) is 134 cm³/mol. The Bertz CT molecular complexity index is 1740. The molecule has 0 aliphatic carbocycles. The number of halogens is 3. The van der Waals surface area contributed by atoms with Gasteiger partial charge in [0.15, 0.2) is 5.82 Å². The molecule has 0 unspecified atom stereocenters. The molecule has 6 rings (SSSR count). The Hall–Kier alpha value is -4.93. The largest absolute Gasteiger partial charge is 0.416 e. The normalized spacial score (nSPS) is 11.9. The first-order valence-corrected chi connectivity index (χ1v) is 11.3. The van der Waals surface area contributed by atoms with Crippen molar-refractivity contribution in [1.82, 2.24) is 29.4 Å². The number of nitrogens with zero attached hydrogens (tertiary/aromatic N) is 6. The van der Waals surface area contributed by atoms with Gasteiger partial charge in [0, 0.05) is 16.6 Å². The Morgan fingerprint density at radius 1 is 0.919 bits per heavy atom. The number of nitrogens with two attached hydrogens (primary N) is 1. The highest BCUT2D eigenvalue weighted by molar-refractivity contribution is 5.84. The fourth-order valence-electron chi connectivity index (χ4n) is 4.19. The third-order valence-corrected chi connectivity index (χ3v) is 5.95. The molecule has 6 aromatic rings. The summed E-state index contributed by atoms with van der Waals surface area (Å²) in [6.45, 7) is 0.609. The molecule has 3 N–H and O–H groups in total. The molecule has 0 saturated carbocycles. The Balaban J connectivity index is 1.39.